The molecule has 0 aromatic heterocycles. The average molecular weight is 255 g/mol. The number of rotatable bonds is 4. The maximum atomic E-state index is 13.0. The summed E-state index contributed by atoms with van der Waals surface area (Å²) in [5, 5.41) is 3.38. The molecule has 4 heteroatoms. The molecule has 2 nitrogen and oxygen atoms in total. The lowest BCUT2D eigenvalue weighted by molar-refractivity contribution is -0.000323. The summed E-state index contributed by atoms with van der Waals surface area (Å²) in [5.41, 5.74) is 0.772. The minimum absolute atomic E-state index is 0.321. The van der Waals surface area contributed by atoms with E-state index in [1.807, 2.05) is 0 Å². The fourth-order valence-corrected chi connectivity index (χ4v) is 2.26. The van der Waals surface area contributed by atoms with Gasteiger partial charge in [0.05, 0.1) is 6.10 Å². The van der Waals surface area contributed by atoms with Crippen molar-refractivity contribution in [1.82, 2.24) is 5.32 Å². The second-order valence-electron chi connectivity index (χ2n) is 4.75. The predicted molar refractivity (Wildman–Crippen MR) is 66.3 cm³/mol. The highest BCUT2D eigenvalue weighted by atomic mass is 19.2. The Bertz CT molecular complexity index is 397. The van der Waals surface area contributed by atoms with Crippen LogP contribution >= 0.6 is 0 Å². The van der Waals surface area contributed by atoms with Gasteiger partial charge in [0.2, 0.25) is 0 Å². The van der Waals surface area contributed by atoms with Gasteiger partial charge in [0.25, 0.3) is 0 Å². The zero-order valence-electron chi connectivity index (χ0n) is 10.6. The predicted octanol–water partition coefficient (Wildman–Crippen LogP) is 3.01. The molecule has 0 radical (unpaired) electrons. The summed E-state index contributed by atoms with van der Waals surface area (Å²) in [6.07, 6.45) is 3.30. The zero-order chi connectivity index (χ0) is 13.0. The van der Waals surface area contributed by atoms with Gasteiger partial charge < -0.3 is 10.1 Å². The Morgan fingerprint density at radius 1 is 1.33 bits per heavy atom. The Labute approximate surface area is 106 Å². The second-order valence-corrected chi connectivity index (χ2v) is 4.75. The molecule has 0 aliphatic carbocycles. The first-order valence-corrected chi connectivity index (χ1v) is 6.48. The lowest BCUT2D eigenvalue weighted by Gasteiger charge is -2.29. The maximum absolute atomic E-state index is 13.0. The van der Waals surface area contributed by atoms with Crippen LogP contribution in [0.1, 0.15) is 31.7 Å². The van der Waals surface area contributed by atoms with E-state index in [0.717, 1.165) is 31.4 Å². The van der Waals surface area contributed by atoms with E-state index in [-0.39, 0.29) is 0 Å². The number of hydrogen-bond donors (Lipinski definition) is 1. The van der Waals surface area contributed by atoms with Crippen LogP contribution in [-0.2, 0) is 11.3 Å². The lowest BCUT2D eigenvalue weighted by atomic mass is 10.0. The topological polar surface area (TPSA) is 21.3 Å². The van der Waals surface area contributed by atoms with Crippen LogP contribution in [0.25, 0.3) is 0 Å². The molecule has 1 aliphatic rings. The number of halogens is 2. The first-order valence-electron chi connectivity index (χ1n) is 6.48. The molecule has 100 valence electrons. The summed E-state index contributed by atoms with van der Waals surface area (Å²) in [4.78, 5) is 0. The van der Waals surface area contributed by atoms with Crippen LogP contribution in [0.2, 0.25) is 0 Å². The number of nitrogens with one attached hydrogen (secondary N) is 1. The molecule has 18 heavy (non-hydrogen) atoms. The van der Waals surface area contributed by atoms with E-state index < -0.39 is 11.6 Å². The van der Waals surface area contributed by atoms with E-state index >= 15 is 0 Å². The first-order chi connectivity index (χ1) is 8.69. The van der Waals surface area contributed by atoms with Gasteiger partial charge in [-0.05, 0) is 37.0 Å². The lowest BCUT2D eigenvalue weighted by Crippen LogP contribution is -2.38. The molecular weight excluding hydrogens is 236 g/mol. The van der Waals surface area contributed by atoms with Crippen LogP contribution in [0, 0.1) is 11.6 Å². The molecule has 2 rings (SSSR count). The van der Waals surface area contributed by atoms with E-state index in [4.69, 9.17) is 4.74 Å². The van der Waals surface area contributed by atoms with Crippen molar-refractivity contribution in [2.75, 3.05) is 6.61 Å². The first kappa shape index (κ1) is 13.4. The highest BCUT2D eigenvalue weighted by Crippen LogP contribution is 2.17. The summed E-state index contributed by atoms with van der Waals surface area (Å²) in [6, 6.07) is 4.43. The largest absolute Gasteiger partial charge is 0.378 e. The van der Waals surface area contributed by atoms with Crippen LogP contribution in [0.15, 0.2) is 18.2 Å². The van der Waals surface area contributed by atoms with Crippen LogP contribution in [0.5, 0.6) is 0 Å². The highest BCUT2D eigenvalue weighted by Gasteiger charge is 2.20. The van der Waals surface area contributed by atoms with Gasteiger partial charge in [-0.3, -0.25) is 0 Å². The Hall–Kier alpha value is -1.00. The number of hydrogen-bond acceptors (Lipinski definition) is 2. The molecule has 2 unspecified atom stereocenters. The molecule has 1 saturated heterocycles. The Morgan fingerprint density at radius 3 is 2.89 bits per heavy atom. The van der Waals surface area contributed by atoms with Crippen molar-refractivity contribution in [1.29, 1.82) is 0 Å². The van der Waals surface area contributed by atoms with Gasteiger partial charge in [-0.25, -0.2) is 8.78 Å². The van der Waals surface area contributed by atoms with Gasteiger partial charge in [-0.1, -0.05) is 13.0 Å². The number of benzene rings is 1. The summed E-state index contributed by atoms with van der Waals surface area (Å²) in [6.45, 7) is 3.45. The second kappa shape index (κ2) is 6.25. The van der Waals surface area contributed by atoms with E-state index in [1.54, 1.807) is 6.07 Å². The highest BCUT2D eigenvalue weighted by molar-refractivity contribution is 5.17. The number of ether oxygens (including phenoxy) is 1. The van der Waals surface area contributed by atoms with Gasteiger partial charge in [-0.15, -0.1) is 0 Å². The van der Waals surface area contributed by atoms with E-state index in [9.17, 15) is 8.78 Å². The Balaban J connectivity index is 1.85. The fourth-order valence-electron chi connectivity index (χ4n) is 2.26. The van der Waals surface area contributed by atoms with Gasteiger partial charge in [0.15, 0.2) is 11.6 Å². The summed E-state index contributed by atoms with van der Waals surface area (Å²) in [7, 11) is 0. The normalized spacial score (nSPS) is 24.2. The molecular formula is C14H19F2NO. The van der Waals surface area contributed by atoms with Crippen molar-refractivity contribution in [3.63, 3.8) is 0 Å². The van der Waals surface area contributed by atoms with E-state index in [2.05, 4.69) is 12.2 Å². The molecule has 1 heterocycles. The molecule has 1 N–H and O–H groups in total. The quantitative estimate of drug-likeness (QED) is 0.893. The minimum atomic E-state index is -0.795. The smallest absolute Gasteiger partial charge is 0.159 e. The average Bonchev–Trinajstić information content (AvgIpc) is 2.40. The minimum Gasteiger partial charge on any atom is -0.378 e. The van der Waals surface area contributed by atoms with Gasteiger partial charge in [0.1, 0.15) is 0 Å². The third-order valence-electron chi connectivity index (χ3n) is 3.40. The van der Waals surface area contributed by atoms with E-state index in [0.29, 0.717) is 18.7 Å². The van der Waals surface area contributed by atoms with Crippen molar-refractivity contribution < 1.29 is 13.5 Å². The third kappa shape index (κ3) is 3.50. The summed E-state index contributed by atoms with van der Waals surface area (Å²) >= 11 is 0. The molecule has 2 atom stereocenters. The Morgan fingerprint density at radius 2 is 2.17 bits per heavy atom. The monoisotopic (exact) mass is 255 g/mol. The van der Waals surface area contributed by atoms with Gasteiger partial charge in [0, 0.05) is 19.2 Å². The zero-order valence-corrected chi connectivity index (χ0v) is 10.6. The van der Waals surface area contributed by atoms with Crippen LogP contribution < -0.4 is 5.32 Å². The van der Waals surface area contributed by atoms with Crippen LogP contribution in [0.3, 0.4) is 0 Å². The van der Waals surface area contributed by atoms with Crippen molar-refractivity contribution in [2.24, 2.45) is 0 Å². The molecule has 0 amide bonds. The van der Waals surface area contributed by atoms with Gasteiger partial charge in [-0.2, -0.15) is 0 Å². The van der Waals surface area contributed by atoms with Crippen molar-refractivity contribution in [2.45, 2.75) is 44.9 Å². The molecule has 0 saturated carbocycles. The molecule has 0 spiro atoms. The van der Waals surface area contributed by atoms with Crippen molar-refractivity contribution in [3.05, 3.63) is 35.4 Å². The standard InChI is InChI=1S/C14H19F2NO/c1-2-12-8-11(5-6-18-12)17-9-10-3-4-13(15)14(16)7-10/h3-4,7,11-12,17H,2,5-6,8-9H2,1H3. The molecule has 1 aromatic rings. The van der Waals surface area contributed by atoms with E-state index in [1.165, 1.54) is 12.1 Å². The summed E-state index contributed by atoms with van der Waals surface area (Å²) in [5.74, 6) is -1.58. The molecule has 1 aromatic carbocycles. The molecule has 1 aliphatic heterocycles. The third-order valence-corrected chi connectivity index (χ3v) is 3.40. The van der Waals surface area contributed by atoms with Crippen LogP contribution in [0.4, 0.5) is 8.78 Å². The van der Waals surface area contributed by atoms with Gasteiger partial charge >= 0.3 is 0 Å². The summed E-state index contributed by atoms with van der Waals surface area (Å²) < 4.78 is 31.4. The maximum Gasteiger partial charge on any atom is 0.159 e. The molecule has 0 bridgehead atoms. The van der Waals surface area contributed by atoms with Crippen LogP contribution in [-0.4, -0.2) is 18.8 Å². The van der Waals surface area contributed by atoms with Crippen molar-refractivity contribution in [3.8, 4) is 0 Å². The molecule has 1 fully saturated rings. The Kier molecular flexibility index (Phi) is 4.66. The SMILES string of the molecule is CCC1CC(NCc2ccc(F)c(F)c2)CCO1. The fraction of sp³-hybridized carbons (Fsp3) is 0.571. The van der Waals surface area contributed by atoms with Crippen molar-refractivity contribution >= 4 is 0 Å².